The summed E-state index contributed by atoms with van der Waals surface area (Å²) in [5.74, 6) is -5.57. The molecule has 2 aromatic carbocycles. The van der Waals surface area contributed by atoms with Crippen LogP contribution in [0, 0.1) is 0 Å². The monoisotopic (exact) mass is 550 g/mol. The Hall–Kier alpha value is -5.13. The maximum atomic E-state index is 14.5. The van der Waals surface area contributed by atoms with E-state index in [1.807, 2.05) is 6.07 Å². The van der Waals surface area contributed by atoms with Gasteiger partial charge in [0, 0.05) is 11.3 Å². The highest BCUT2D eigenvalue weighted by molar-refractivity contribution is 6.23. The second kappa shape index (κ2) is 11.3. The van der Waals surface area contributed by atoms with Crippen LogP contribution in [0.5, 0.6) is 0 Å². The second-order valence-electron chi connectivity index (χ2n) is 8.68. The molecule has 2 aliphatic rings. The molecule has 0 radical (unpaired) electrons. The summed E-state index contributed by atoms with van der Waals surface area (Å²) in [6, 6.07) is 15.1. The number of nitrogens with two attached hydrogens (primary N) is 1. The fourth-order valence-corrected chi connectivity index (χ4v) is 4.81. The topological polar surface area (TPSA) is 161 Å². The molecule has 1 spiro atoms. The van der Waals surface area contributed by atoms with E-state index < -0.39 is 65.2 Å². The first-order chi connectivity index (χ1) is 19.2. The van der Waals surface area contributed by atoms with Crippen molar-refractivity contribution in [1.82, 2.24) is 0 Å². The standard InChI is InChI=1S/C28H26N2O10/c1-36-20(31)13-19-22(25(33)37-2)28(23(24(29)40-19)26(34)38-3)17-11-7-8-12-18(17)30(27(28)35)14-21(32)39-15-16-9-5-4-6-10-16/h4-12H,13-15,29H2,1-3H3. The predicted octanol–water partition coefficient (Wildman–Crippen LogP) is 1.38. The largest absolute Gasteiger partial charge is 0.469 e. The van der Waals surface area contributed by atoms with Crippen LogP contribution in [0.4, 0.5) is 5.69 Å². The number of para-hydroxylation sites is 1. The summed E-state index contributed by atoms with van der Waals surface area (Å²) in [5, 5.41) is 0. The van der Waals surface area contributed by atoms with Crippen LogP contribution in [-0.4, -0.2) is 57.7 Å². The highest BCUT2D eigenvalue weighted by atomic mass is 16.5. The third-order valence-electron chi connectivity index (χ3n) is 6.51. The third kappa shape index (κ3) is 4.64. The van der Waals surface area contributed by atoms with Crippen LogP contribution >= 0.6 is 0 Å². The quantitative estimate of drug-likeness (QED) is 0.373. The molecule has 12 heteroatoms. The summed E-state index contributed by atoms with van der Waals surface area (Å²) >= 11 is 0. The van der Waals surface area contributed by atoms with E-state index in [4.69, 9.17) is 29.4 Å². The fraction of sp³-hybridized carbons (Fsp3) is 0.250. The second-order valence-corrected chi connectivity index (χ2v) is 8.68. The summed E-state index contributed by atoms with van der Waals surface area (Å²) in [5.41, 5.74) is 3.93. The molecule has 0 saturated carbocycles. The Bertz CT molecular complexity index is 1450. The number of nitrogens with zero attached hydrogens (tertiary/aromatic N) is 1. The number of rotatable bonds is 8. The van der Waals surface area contributed by atoms with Gasteiger partial charge in [0.2, 0.25) is 11.8 Å². The predicted molar refractivity (Wildman–Crippen MR) is 137 cm³/mol. The van der Waals surface area contributed by atoms with Crippen LogP contribution in [0.25, 0.3) is 0 Å². The van der Waals surface area contributed by atoms with Crippen molar-refractivity contribution in [2.75, 3.05) is 32.8 Å². The molecule has 208 valence electrons. The van der Waals surface area contributed by atoms with Crippen LogP contribution < -0.4 is 10.6 Å². The Labute approximate surface area is 228 Å². The van der Waals surface area contributed by atoms with Gasteiger partial charge in [0.25, 0.3) is 0 Å². The molecular formula is C28H26N2O10. The number of esters is 4. The van der Waals surface area contributed by atoms with Crippen LogP contribution in [0.3, 0.4) is 0 Å². The summed E-state index contributed by atoms with van der Waals surface area (Å²) in [4.78, 5) is 67.2. The molecule has 40 heavy (non-hydrogen) atoms. The minimum Gasteiger partial charge on any atom is -0.469 e. The third-order valence-corrected chi connectivity index (χ3v) is 6.51. The molecule has 2 heterocycles. The van der Waals surface area contributed by atoms with Gasteiger partial charge in [0.05, 0.1) is 21.3 Å². The van der Waals surface area contributed by atoms with E-state index in [1.165, 1.54) is 12.1 Å². The van der Waals surface area contributed by atoms with Crippen LogP contribution in [-0.2, 0) is 59.7 Å². The molecule has 0 fully saturated rings. The van der Waals surface area contributed by atoms with Crippen molar-refractivity contribution >= 4 is 35.5 Å². The molecule has 12 nitrogen and oxygen atoms in total. The van der Waals surface area contributed by atoms with Crippen molar-refractivity contribution in [3.8, 4) is 0 Å². The number of hydrogen-bond donors (Lipinski definition) is 1. The Morgan fingerprint density at radius 3 is 2.12 bits per heavy atom. The van der Waals surface area contributed by atoms with Crippen LogP contribution in [0.15, 0.2) is 77.4 Å². The normalized spacial score (nSPS) is 17.8. The molecule has 4 rings (SSSR count). The van der Waals surface area contributed by atoms with E-state index in [-0.39, 0.29) is 23.6 Å². The van der Waals surface area contributed by atoms with Gasteiger partial charge < -0.3 is 29.4 Å². The average molecular weight is 551 g/mol. The maximum absolute atomic E-state index is 14.5. The summed E-state index contributed by atoms with van der Waals surface area (Å²) in [7, 11) is 3.24. The smallest absolute Gasteiger partial charge is 0.340 e. The number of anilines is 1. The van der Waals surface area contributed by atoms with Gasteiger partial charge in [-0.2, -0.15) is 0 Å². The number of hydrogen-bond acceptors (Lipinski definition) is 11. The highest BCUT2D eigenvalue weighted by Crippen LogP contribution is 2.54. The van der Waals surface area contributed by atoms with Gasteiger partial charge in [-0.05, 0) is 11.6 Å². The van der Waals surface area contributed by atoms with Crippen molar-refractivity contribution in [3.05, 3.63) is 88.5 Å². The number of carbonyl (C=O) groups is 5. The zero-order chi connectivity index (χ0) is 29.0. The number of ether oxygens (including phenoxy) is 5. The van der Waals surface area contributed by atoms with Gasteiger partial charge in [0.1, 0.15) is 41.9 Å². The number of fused-ring (bicyclic) bond motifs is 2. The summed E-state index contributed by atoms with van der Waals surface area (Å²) in [6.07, 6.45) is -0.619. The zero-order valence-electron chi connectivity index (χ0n) is 21.9. The first-order valence-corrected chi connectivity index (χ1v) is 12.0. The molecule has 2 N–H and O–H groups in total. The Kier molecular flexibility index (Phi) is 7.89. The molecule has 1 amide bonds. The average Bonchev–Trinajstić information content (AvgIpc) is 3.19. The van der Waals surface area contributed by atoms with Gasteiger partial charge >= 0.3 is 23.9 Å². The molecular weight excluding hydrogens is 524 g/mol. The number of benzene rings is 2. The van der Waals surface area contributed by atoms with Crippen LogP contribution in [0.1, 0.15) is 17.5 Å². The number of carbonyl (C=O) groups excluding carboxylic acids is 5. The van der Waals surface area contributed by atoms with Crippen molar-refractivity contribution in [2.45, 2.75) is 18.4 Å². The molecule has 2 aromatic rings. The molecule has 0 aromatic heterocycles. The van der Waals surface area contributed by atoms with Crippen molar-refractivity contribution in [3.63, 3.8) is 0 Å². The minimum absolute atomic E-state index is 0.0425. The minimum atomic E-state index is -2.28. The molecule has 1 unspecified atom stereocenters. The lowest BCUT2D eigenvalue weighted by Crippen LogP contribution is -2.51. The van der Waals surface area contributed by atoms with Gasteiger partial charge in [-0.15, -0.1) is 0 Å². The lowest BCUT2D eigenvalue weighted by molar-refractivity contribution is -0.144. The Morgan fingerprint density at radius 2 is 1.48 bits per heavy atom. The maximum Gasteiger partial charge on any atom is 0.340 e. The van der Waals surface area contributed by atoms with Crippen LogP contribution in [0.2, 0.25) is 0 Å². The Morgan fingerprint density at radius 1 is 0.850 bits per heavy atom. The SMILES string of the molecule is COC(=O)CC1=C(C(=O)OC)C2(C(=O)N(CC(=O)OCc3ccccc3)c3ccccc32)C(C(=O)OC)=C(N)O1. The molecule has 1 atom stereocenters. The van der Waals surface area contributed by atoms with Crippen molar-refractivity contribution < 1.29 is 47.7 Å². The molecule has 0 saturated heterocycles. The Balaban J connectivity index is 1.88. The van der Waals surface area contributed by atoms with Crippen molar-refractivity contribution in [2.24, 2.45) is 5.73 Å². The fourth-order valence-electron chi connectivity index (χ4n) is 4.81. The van der Waals surface area contributed by atoms with E-state index in [2.05, 4.69) is 0 Å². The van der Waals surface area contributed by atoms with E-state index in [0.717, 1.165) is 31.8 Å². The number of methoxy groups -OCH3 is 3. The first kappa shape index (κ1) is 27.9. The van der Waals surface area contributed by atoms with E-state index in [0.29, 0.717) is 0 Å². The number of amides is 1. The van der Waals surface area contributed by atoms with E-state index >= 15 is 0 Å². The summed E-state index contributed by atoms with van der Waals surface area (Å²) < 4.78 is 25.6. The molecule has 0 bridgehead atoms. The lowest BCUT2D eigenvalue weighted by Gasteiger charge is -2.36. The summed E-state index contributed by atoms with van der Waals surface area (Å²) in [6.45, 7) is -0.611. The van der Waals surface area contributed by atoms with Gasteiger partial charge in [0.15, 0.2) is 0 Å². The molecule has 0 aliphatic carbocycles. The first-order valence-electron chi connectivity index (χ1n) is 12.0. The zero-order valence-corrected chi connectivity index (χ0v) is 21.9. The highest BCUT2D eigenvalue weighted by Gasteiger charge is 2.64. The van der Waals surface area contributed by atoms with Crippen molar-refractivity contribution in [1.29, 1.82) is 0 Å². The van der Waals surface area contributed by atoms with Gasteiger partial charge in [-0.3, -0.25) is 19.3 Å². The van der Waals surface area contributed by atoms with E-state index in [1.54, 1.807) is 36.4 Å². The lowest BCUT2D eigenvalue weighted by atomic mass is 9.67. The van der Waals surface area contributed by atoms with E-state index in [9.17, 15) is 24.0 Å². The molecule has 2 aliphatic heterocycles. The van der Waals surface area contributed by atoms with Gasteiger partial charge in [-0.25, -0.2) is 9.59 Å². The van der Waals surface area contributed by atoms with Gasteiger partial charge in [-0.1, -0.05) is 48.5 Å².